The quantitative estimate of drug-likeness (QED) is 0.696. The lowest BCUT2D eigenvalue weighted by atomic mass is 10.3. The fourth-order valence-electron chi connectivity index (χ4n) is 2.57. The van der Waals surface area contributed by atoms with Crippen LogP contribution in [0.1, 0.15) is 5.56 Å². The van der Waals surface area contributed by atoms with Crippen LogP contribution in [0.15, 0.2) is 64.3 Å². The number of nitrogens with one attached hydrogen (secondary N) is 1. The maximum absolute atomic E-state index is 12.6. The van der Waals surface area contributed by atoms with E-state index in [1.807, 2.05) is 18.2 Å². The van der Waals surface area contributed by atoms with Crippen LogP contribution in [0.25, 0.3) is 5.69 Å². The van der Waals surface area contributed by atoms with Crippen LogP contribution >= 0.6 is 0 Å². The molecule has 2 aromatic carbocycles. The zero-order valence-electron chi connectivity index (χ0n) is 13.8. The van der Waals surface area contributed by atoms with Gasteiger partial charge in [-0.1, -0.05) is 18.2 Å². The fourth-order valence-corrected chi connectivity index (χ4v) is 3.73. The molecule has 0 spiro atoms. The van der Waals surface area contributed by atoms with Crippen molar-refractivity contribution >= 4 is 21.5 Å². The van der Waals surface area contributed by atoms with Crippen LogP contribution in [0, 0.1) is 6.92 Å². The summed E-state index contributed by atoms with van der Waals surface area (Å²) in [5.41, 5.74) is 6.74. The number of sulfonamides is 1. The number of rotatable bonds is 4. The van der Waals surface area contributed by atoms with Crippen LogP contribution in [0.3, 0.4) is 0 Å². The summed E-state index contributed by atoms with van der Waals surface area (Å²) in [6.45, 7) is 1.59. The van der Waals surface area contributed by atoms with Crippen molar-refractivity contribution < 1.29 is 8.42 Å². The Morgan fingerprint density at radius 1 is 1.00 bits per heavy atom. The van der Waals surface area contributed by atoms with Crippen molar-refractivity contribution in [3.05, 3.63) is 70.5 Å². The van der Waals surface area contributed by atoms with Crippen LogP contribution in [-0.4, -0.2) is 17.8 Å². The van der Waals surface area contributed by atoms with E-state index in [1.165, 1.54) is 33.6 Å². The highest BCUT2D eigenvalue weighted by Gasteiger charge is 2.21. The van der Waals surface area contributed by atoms with E-state index in [9.17, 15) is 13.2 Å². The zero-order valence-corrected chi connectivity index (χ0v) is 14.6. The number of nitrogens with zero attached hydrogens (tertiary/aromatic N) is 2. The predicted molar refractivity (Wildman–Crippen MR) is 97.4 cm³/mol. The fraction of sp³-hybridized carbons (Fsp3) is 0.118. The lowest BCUT2D eigenvalue weighted by molar-refractivity contribution is 0.598. The van der Waals surface area contributed by atoms with Gasteiger partial charge in [-0.05, 0) is 43.3 Å². The summed E-state index contributed by atoms with van der Waals surface area (Å²) in [7, 11) is -2.21. The number of aromatic nitrogens is 2. The third-order valence-electron chi connectivity index (χ3n) is 3.91. The van der Waals surface area contributed by atoms with Crippen molar-refractivity contribution in [3.63, 3.8) is 0 Å². The minimum absolute atomic E-state index is 0.0704. The summed E-state index contributed by atoms with van der Waals surface area (Å²) in [5, 5.41) is 0. The summed E-state index contributed by atoms with van der Waals surface area (Å²) in [6.07, 6.45) is 0. The molecule has 1 aromatic heterocycles. The Labute approximate surface area is 145 Å². The zero-order chi connectivity index (χ0) is 18.2. The normalized spacial score (nSPS) is 11.4. The molecular formula is C17H18N4O3S. The summed E-state index contributed by atoms with van der Waals surface area (Å²) in [6, 6.07) is 14.9. The molecule has 8 heteroatoms. The molecule has 130 valence electrons. The number of nitrogen functional groups attached to an aromatic ring is 1. The predicted octanol–water partition coefficient (Wildman–Crippen LogP) is 1.87. The van der Waals surface area contributed by atoms with E-state index in [2.05, 4.69) is 4.72 Å². The Morgan fingerprint density at radius 3 is 2.20 bits per heavy atom. The largest absolute Gasteiger partial charge is 0.399 e. The molecule has 3 rings (SSSR count). The van der Waals surface area contributed by atoms with Crippen LogP contribution in [0.4, 0.5) is 11.5 Å². The molecule has 0 saturated carbocycles. The maximum Gasteiger partial charge on any atom is 0.276 e. The van der Waals surface area contributed by atoms with Gasteiger partial charge in [-0.15, -0.1) is 0 Å². The molecule has 0 bridgehead atoms. The molecule has 0 aliphatic rings. The number of para-hydroxylation sites is 1. The Kier molecular flexibility index (Phi) is 4.13. The van der Waals surface area contributed by atoms with E-state index in [0.717, 1.165) is 0 Å². The smallest absolute Gasteiger partial charge is 0.276 e. The molecular weight excluding hydrogens is 340 g/mol. The molecule has 0 aliphatic heterocycles. The highest BCUT2D eigenvalue weighted by Crippen LogP contribution is 2.20. The van der Waals surface area contributed by atoms with Gasteiger partial charge in [0.25, 0.3) is 15.6 Å². The lowest BCUT2D eigenvalue weighted by Gasteiger charge is -2.12. The van der Waals surface area contributed by atoms with Gasteiger partial charge in [0.1, 0.15) is 5.82 Å². The van der Waals surface area contributed by atoms with E-state index in [4.69, 9.17) is 5.73 Å². The minimum Gasteiger partial charge on any atom is -0.399 e. The average Bonchev–Trinajstić information content (AvgIpc) is 2.79. The highest BCUT2D eigenvalue weighted by molar-refractivity contribution is 7.92. The molecule has 3 aromatic rings. The molecule has 3 N–H and O–H groups in total. The maximum atomic E-state index is 12.6. The Hall–Kier alpha value is -3.00. The van der Waals surface area contributed by atoms with Crippen molar-refractivity contribution in [3.8, 4) is 5.69 Å². The van der Waals surface area contributed by atoms with E-state index in [1.54, 1.807) is 26.1 Å². The Balaban J connectivity index is 2.07. The van der Waals surface area contributed by atoms with Gasteiger partial charge in [0.15, 0.2) is 0 Å². The van der Waals surface area contributed by atoms with Gasteiger partial charge in [0.05, 0.1) is 16.1 Å². The first-order chi connectivity index (χ1) is 11.8. The van der Waals surface area contributed by atoms with Gasteiger partial charge < -0.3 is 5.73 Å². The van der Waals surface area contributed by atoms with E-state index in [-0.39, 0.29) is 16.3 Å². The van der Waals surface area contributed by atoms with Crippen molar-refractivity contribution in [2.45, 2.75) is 11.8 Å². The topological polar surface area (TPSA) is 99.1 Å². The first-order valence-electron chi connectivity index (χ1n) is 7.53. The molecule has 0 amide bonds. The van der Waals surface area contributed by atoms with Gasteiger partial charge in [-0.25, -0.2) is 13.1 Å². The third-order valence-corrected chi connectivity index (χ3v) is 5.27. The lowest BCUT2D eigenvalue weighted by Crippen LogP contribution is -2.20. The molecule has 0 unspecified atom stereocenters. The third kappa shape index (κ3) is 3.03. The minimum atomic E-state index is -3.84. The van der Waals surface area contributed by atoms with E-state index in [0.29, 0.717) is 16.9 Å². The van der Waals surface area contributed by atoms with Crippen molar-refractivity contribution in [1.82, 2.24) is 9.36 Å². The van der Waals surface area contributed by atoms with Crippen molar-refractivity contribution in [2.24, 2.45) is 7.05 Å². The molecule has 0 fully saturated rings. The molecule has 7 nitrogen and oxygen atoms in total. The van der Waals surface area contributed by atoms with Gasteiger partial charge in [0, 0.05) is 12.7 Å². The summed E-state index contributed by atoms with van der Waals surface area (Å²) < 4.78 is 30.6. The van der Waals surface area contributed by atoms with Crippen LogP contribution in [-0.2, 0) is 17.1 Å². The second-order valence-corrected chi connectivity index (χ2v) is 7.31. The number of hydrogen-bond acceptors (Lipinski definition) is 4. The van der Waals surface area contributed by atoms with Gasteiger partial charge in [0.2, 0.25) is 0 Å². The summed E-state index contributed by atoms with van der Waals surface area (Å²) in [4.78, 5) is 12.6. The number of anilines is 2. The van der Waals surface area contributed by atoms with E-state index >= 15 is 0 Å². The van der Waals surface area contributed by atoms with Gasteiger partial charge in [-0.3, -0.25) is 14.2 Å². The van der Waals surface area contributed by atoms with Crippen LogP contribution < -0.4 is 16.0 Å². The standard InChI is InChI=1S/C17H18N4O3S/c1-12-16(19-25(23,24)15-10-8-13(18)9-11-15)20(2)21(17(12)22)14-6-4-3-5-7-14/h3-11,19H,18H2,1-2H3. The average molecular weight is 358 g/mol. The second kappa shape index (κ2) is 6.14. The number of hydrogen-bond donors (Lipinski definition) is 2. The first kappa shape index (κ1) is 16.8. The molecule has 0 atom stereocenters. The molecule has 1 heterocycles. The summed E-state index contributed by atoms with van der Waals surface area (Å²) >= 11 is 0. The highest BCUT2D eigenvalue weighted by atomic mass is 32.2. The Bertz CT molecular complexity index is 1070. The van der Waals surface area contributed by atoms with Crippen LogP contribution in [0.5, 0.6) is 0 Å². The number of benzene rings is 2. The molecule has 0 aliphatic carbocycles. The SMILES string of the molecule is Cc1c(NS(=O)(=O)c2ccc(N)cc2)n(C)n(-c2ccccc2)c1=O. The molecule has 0 radical (unpaired) electrons. The van der Waals surface area contributed by atoms with Gasteiger partial charge in [-0.2, -0.15) is 0 Å². The van der Waals surface area contributed by atoms with Crippen LogP contribution in [0.2, 0.25) is 0 Å². The molecule has 25 heavy (non-hydrogen) atoms. The first-order valence-corrected chi connectivity index (χ1v) is 9.02. The second-order valence-electron chi connectivity index (χ2n) is 5.62. The summed E-state index contributed by atoms with van der Waals surface area (Å²) in [5.74, 6) is 0.214. The van der Waals surface area contributed by atoms with Crippen molar-refractivity contribution in [1.29, 1.82) is 0 Å². The van der Waals surface area contributed by atoms with Gasteiger partial charge >= 0.3 is 0 Å². The monoisotopic (exact) mass is 358 g/mol. The van der Waals surface area contributed by atoms with Crippen molar-refractivity contribution in [2.75, 3.05) is 10.5 Å². The number of nitrogens with two attached hydrogens (primary N) is 1. The molecule has 0 saturated heterocycles. The Morgan fingerprint density at radius 2 is 1.60 bits per heavy atom. The van der Waals surface area contributed by atoms with E-state index < -0.39 is 10.0 Å².